The van der Waals surface area contributed by atoms with Crippen molar-refractivity contribution >= 4 is 28.5 Å². The third-order valence-corrected chi connectivity index (χ3v) is 3.29. The van der Waals surface area contributed by atoms with Crippen LogP contribution in [0.4, 0.5) is 0 Å². The number of hydrogen-bond acceptors (Lipinski definition) is 2. The Balaban J connectivity index is 2.79. The molecule has 17 heavy (non-hydrogen) atoms. The molecule has 0 aliphatic heterocycles. The molecule has 1 aromatic carbocycles. The fraction of sp³-hybridized carbons (Fsp3) is 0.250. The molecule has 2 aromatic rings. The number of carbonyl (C=O) groups is 1. The normalized spacial score (nSPS) is 11.0. The topological polar surface area (TPSA) is 79.1 Å². The molecular formula is C12H13ClN2O2. The zero-order valence-corrected chi connectivity index (χ0v) is 10.1. The van der Waals surface area contributed by atoms with Crippen LogP contribution in [0.15, 0.2) is 12.1 Å². The maximum absolute atomic E-state index is 11.2. The lowest BCUT2D eigenvalue weighted by molar-refractivity contribution is 0.0690. The SMILES string of the molecule is Cc1c(Cl)ccc2c(CCN)c(C(=O)O)[nH]c12. The molecule has 0 aliphatic carbocycles. The molecular weight excluding hydrogens is 240 g/mol. The van der Waals surface area contributed by atoms with E-state index in [9.17, 15) is 4.79 Å². The lowest BCUT2D eigenvalue weighted by atomic mass is 10.1. The second kappa shape index (κ2) is 4.39. The Kier molecular flexibility index (Phi) is 3.09. The van der Waals surface area contributed by atoms with E-state index < -0.39 is 5.97 Å². The van der Waals surface area contributed by atoms with E-state index in [1.165, 1.54) is 0 Å². The molecule has 0 saturated heterocycles. The van der Waals surface area contributed by atoms with Crippen LogP contribution in [0.3, 0.4) is 0 Å². The minimum absolute atomic E-state index is 0.204. The van der Waals surface area contributed by atoms with Crippen LogP contribution in [0.5, 0.6) is 0 Å². The van der Waals surface area contributed by atoms with E-state index in [1.54, 1.807) is 6.07 Å². The molecule has 0 amide bonds. The van der Waals surface area contributed by atoms with E-state index in [-0.39, 0.29) is 5.69 Å². The molecule has 2 rings (SSSR count). The van der Waals surface area contributed by atoms with Crippen molar-refractivity contribution in [1.82, 2.24) is 4.98 Å². The predicted molar refractivity (Wildman–Crippen MR) is 67.8 cm³/mol. The van der Waals surface area contributed by atoms with E-state index in [2.05, 4.69) is 4.98 Å². The van der Waals surface area contributed by atoms with Crippen LogP contribution in [-0.2, 0) is 6.42 Å². The molecule has 0 fully saturated rings. The molecule has 0 aliphatic rings. The van der Waals surface area contributed by atoms with Gasteiger partial charge >= 0.3 is 5.97 Å². The molecule has 0 spiro atoms. The van der Waals surface area contributed by atoms with Gasteiger partial charge in [0, 0.05) is 10.4 Å². The maximum atomic E-state index is 11.2. The van der Waals surface area contributed by atoms with Gasteiger partial charge in [0.25, 0.3) is 0 Å². The van der Waals surface area contributed by atoms with Crippen molar-refractivity contribution < 1.29 is 9.90 Å². The molecule has 0 saturated carbocycles. The van der Waals surface area contributed by atoms with Crippen LogP contribution in [-0.4, -0.2) is 22.6 Å². The van der Waals surface area contributed by atoms with Gasteiger partial charge in [-0.05, 0) is 37.1 Å². The number of carboxylic acids is 1. The van der Waals surface area contributed by atoms with Gasteiger partial charge in [0.1, 0.15) is 5.69 Å². The summed E-state index contributed by atoms with van der Waals surface area (Å²) >= 11 is 6.01. The first-order valence-corrected chi connectivity index (χ1v) is 5.67. The first-order chi connectivity index (χ1) is 8.06. The number of aromatic carboxylic acids is 1. The van der Waals surface area contributed by atoms with E-state index in [1.807, 2.05) is 13.0 Å². The summed E-state index contributed by atoms with van der Waals surface area (Å²) in [7, 11) is 0. The lowest BCUT2D eigenvalue weighted by Crippen LogP contribution is -2.07. The highest BCUT2D eigenvalue weighted by Crippen LogP contribution is 2.29. The summed E-state index contributed by atoms with van der Waals surface area (Å²) in [6, 6.07) is 3.61. The summed E-state index contributed by atoms with van der Waals surface area (Å²) in [6.07, 6.45) is 0.530. The van der Waals surface area contributed by atoms with Crippen LogP contribution in [0, 0.1) is 6.92 Å². The molecule has 90 valence electrons. The summed E-state index contributed by atoms with van der Waals surface area (Å²) < 4.78 is 0. The molecule has 0 radical (unpaired) electrons. The Morgan fingerprint density at radius 1 is 1.53 bits per heavy atom. The highest BCUT2D eigenvalue weighted by atomic mass is 35.5. The fourth-order valence-electron chi connectivity index (χ4n) is 2.02. The van der Waals surface area contributed by atoms with E-state index >= 15 is 0 Å². The highest BCUT2D eigenvalue weighted by molar-refractivity contribution is 6.32. The number of fused-ring (bicyclic) bond motifs is 1. The van der Waals surface area contributed by atoms with Crippen LogP contribution in [0.2, 0.25) is 5.02 Å². The second-order valence-electron chi connectivity index (χ2n) is 3.92. The minimum Gasteiger partial charge on any atom is -0.477 e. The maximum Gasteiger partial charge on any atom is 0.352 e. The number of rotatable bonds is 3. The third kappa shape index (κ3) is 1.90. The highest BCUT2D eigenvalue weighted by Gasteiger charge is 2.17. The molecule has 4 N–H and O–H groups in total. The van der Waals surface area contributed by atoms with Crippen molar-refractivity contribution in [3.05, 3.63) is 34.0 Å². The number of aryl methyl sites for hydroxylation is 1. The summed E-state index contributed by atoms with van der Waals surface area (Å²) in [5.41, 5.74) is 8.10. The zero-order valence-electron chi connectivity index (χ0n) is 9.38. The van der Waals surface area contributed by atoms with Crippen LogP contribution in [0.25, 0.3) is 10.9 Å². The number of benzene rings is 1. The summed E-state index contributed by atoms with van der Waals surface area (Å²) in [5.74, 6) is -0.972. The minimum atomic E-state index is -0.972. The lowest BCUT2D eigenvalue weighted by Gasteiger charge is -2.01. The van der Waals surface area contributed by atoms with E-state index in [4.69, 9.17) is 22.4 Å². The quantitative estimate of drug-likeness (QED) is 0.784. The smallest absolute Gasteiger partial charge is 0.352 e. The number of aromatic amines is 1. The van der Waals surface area contributed by atoms with Gasteiger partial charge in [0.05, 0.1) is 5.52 Å². The predicted octanol–water partition coefficient (Wildman–Crippen LogP) is 2.33. The first kappa shape index (κ1) is 12.0. The Bertz CT molecular complexity index is 590. The third-order valence-electron chi connectivity index (χ3n) is 2.88. The summed E-state index contributed by atoms with van der Waals surface area (Å²) in [6.45, 7) is 2.27. The van der Waals surface area contributed by atoms with Gasteiger partial charge < -0.3 is 15.8 Å². The van der Waals surface area contributed by atoms with Gasteiger partial charge in [-0.15, -0.1) is 0 Å². The molecule has 1 aromatic heterocycles. The van der Waals surface area contributed by atoms with E-state index in [0.717, 1.165) is 22.0 Å². The largest absolute Gasteiger partial charge is 0.477 e. The molecule has 5 heteroatoms. The molecule has 0 unspecified atom stereocenters. The number of hydrogen-bond donors (Lipinski definition) is 3. The van der Waals surface area contributed by atoms with E-state index in [0.29, 0.717) is 18.0 Å². The Labute approximate surface area is 103 Å². The first-order valence-electron chi connectivity index (χ1n) is 5.29. The Morgan fingerprint density at radius 2 is 2.24 bits per heavy atom. The Morgan fingerprint density at radius 3 is 2.82 bits per heavy atom. The number of nitrogens with one attached hydrogen (secondary N) is 1. The van der Waals surface area contributed by atoms with Crippen molar-refractivity contribution in [2.45, 2.75) is 13.3 Å². The molecule has 0 bridgehead atoms. The molecule has 1 heterocycles. The van der Waals surface area contributed by atoms with Crippen LogP contribution < -0.4 is 5.73 Å². The van der Waals surface area contributed by atoms with Gasteiger partial charge in [-0.25, -0.2) is 4.79 Å². The molecule has 0 atom stereocenters. The number of H-pyrrole nitrogens is 1. The van der Waals surface area contributed by atoms with Crippen molar-refractivity contribution in [2.24, 2.45) is 5.73 Å². The van der Waals surface area contributed by atoms with Crippen molar-refractivity contribution in [1.29, 1.82) is 0 Å². The summed E-state index contributed by atoms with van der Waals surface area (Å²) in [4.78, 5) is 14.1. The number of carboxylic acid groups (broad SMARTS) is 1. The number of halogens is 1. The second-order valence-corrected chi connectivity index (χ2v) is 4.32. The van der Waals surface area contributed by atoms with Gasteiger partial charge in [-0.2, -0.15) is 0 Å². The average molecular weight is 253 g/mol. The van der Waals surface area contributed by atoms with Gasteiger partial charge in [-0.3, -0.25) is 0 Å². The van der Waals surface area contributed by atoms with Gasteiger partial charge in [-0.1, -0.05) is 17.7 Å². The van der Waals surface area contributed by atoms with Crippen LogP contribution >= 0.6 is 11.6 Å². The summed E-state index contributed by atoms with van der Waals surface area (Å²) in [5, 5.41) is 10.7. The van der Waals surface area contributed by atoms with Gasteiger partial charge in [0.2, 0.25) is 0 Å². The zero-order chi connectivity index (χ0) is 12.6. The van der Waals surface area contributed by atoms with Gasteiger partial charge in [0.15, 0.2) is 0 Å². The fourth-order valence-corrected chi connectivity index (χ4v) is 2.18. The number of aromatic nitrogens is 1. The van der Waals surface area contributed by atoms with Crippen LogP contribution in [0.1, 0.15) is 21.6 Å². The standard InChI is InChI=1S/C12H13ClN2O2/c1-6-9(13)3-2-7-8(4-5-14)11(12(16)17)15-10(6)7/h2-3,15H,4-5,14H2,1H3,(H,16,17). The van der Waals surface area contributed by atoms with Crippen molar-refractivity contribution in [2.75, 3.05) is 6.54 Å². The number of nitrogens with two attached hydrogens (primary N) is 1. The molecule has 4 nitrogen and oxygen atoms in total. The monoisotopic (exact) mass is 252 g/mol. The van der Waals surface area contributed by atoms with Crippen molar-refractivity contribution in [3.63, 3.8) is 0 Å². The Hall–Kier alpha value is -1.52. The van der Waals surface area contributed by atoms with Crippen molar-refractivity contribution in [3.8, 4) is 0 Å². The average Bonchev–Trinajstić information content (AvgIpc) is 2.64.